The van der Waals surface area contributed by atoms with E-state index in [9.17, 15) is 4.79 Å². The first-order valence-corrected chi connectivity index (χ1v) is 14.7. The summed E-state index contributed by atoms with van der Waals surface area (Å²) >= 11 is 6.46. The van der Waals surface area contributed by atoms with Crippen LogP contribution in [0.4, 0.5) is 17.1 Å². The number of ether oxygens (including phenoxy) is 2. The van der Waals surface area contributed by atoms with Gasteiger partial charge in [0.2, 0.25) is 0 Å². The lowest BCUT2D eigenvalue weighted by molar-refractivity contribution is 0.102. The molecule has 0 fully saturated rings. The highest BCUT2D eigenvalue weighted by molar-refractivity contribution is 6.32. The zero-order valence-corrected chi connectivity index (χ0v) is 24.9. The maximum Gasteiger partial charge on any atom is 0.257 e. The number of hydrogen-bond donors (Lipinski definition) is 2. The maximum atomic E-state index is 13.3. The van der Waals surface area contributed by atoms with Gasteiger partial charge in [0.25, 0.3) is 5.91 Å². The number of para-hydroxylation sites is 2. The lowest BCUT2D eigenvalue weighted by Gasteiger charge is -2.29. The largest absolute Gasteiger partial charge is 0.493 e. The Hall–Kier alpha value is -4.59. The van der Waals surface area contributed by atoms with E-state index in [1.807, 2.05) is 60.7 Å². The van der Waals surface area contributed by atoms with Gasteiger partial charge < -0.3 is 20.1 Å². The van der Waals surface area contributed by atoms with Crippen LogP contribution in [-0.4, -0.2) is 43.1 Å². The van der Waals surface area contributed by atoms with E-state index in [2.05, 4.69) is 44.8 Å². The van der Waals surface area contributed by atoms with Crippen LogP contribution in [0.5, 0.6) is 11.5 Å². The summed E-state index contributed by atoms with van der Waals surface area (Å²) in [5, 5.41) is 7.64. The first-order chi connectivity index (χ1) is 21.0. The Bertz CT molecular complexity index is 1770. The van der Waals surface area contributed by atoms with Gasteiger partial charge in [-0.15, -0.1) is 0 Å². The van der Waals surface area contributed by atoms with Crippen LogP contribution in [0.3, 0.4) is 0 Å². The zero-order valence-electron chi connectivity index (χ0n) is 24.2. The number of hydrogen-bond acceptors (Lipinski definition) is 6. The minimum atomic E-state index is -0.209. The van der Waals surface area contributed by atoms with Crippen molar-refractivity contribution in [3.05, 3.63) is 118 Å². The van der Waals surface area contributed by atoms with E-state index < -0.39 is 0 Å². The van der Waals surface area contributed by atoms with Crippen LogP contribution in [0.25, 0.3) is 10.9 Å². The van der Waals surface area contributed by atoms with E-state index in [1.165, 1.54) is 16.7 Å². The van der Waals surface area contributed by atoms with E-state index >= 15 is 0 Å². The molecule has 0 atom stereocenters. The molecule has 4 aromatic carbocycles. The fourth-order valence-electron chi connectivity index (χ4n) is 5.49. The molecular formula is C35H33ClN4O3. The monoisotopic (exact) mass is 592 g/mol. The van der Waals surface area contributed by atoms with E-state index in [0.29, 0.717) is 22.1 Å². The number of amides is 1. The number of carbonyl (C=O) groups is 1. The summed E-state index contributed by atoms with van der Waals surface area (Å²) in [6, 6.07) is 29.3. The smallest absolute Gasteiger partial charge is 0.257 e. The van der Waals surface area contributed by atoms with Gasteiger partial charge >= 0.3 is 0 Å². The number of nitrogens with one attached hydrogen (secondary N) is 2. The minimum Gasteiger partial charge on any atom is -0.493 e. The Morgan fingerprint density at radius 3 is 2.40 bits per heavy atom. The van der Waals surface area contributed by atoms with Crippen molar-refractivity contribution >= 4 is 45.5 Å². The Labute approximate surface area is 256 Å². The number of carbonyl (C=O) groups excluding carboxylic acids is 1. The molecule has 2 N–H and O–H groups in total. The third-order valence-electron chi connectivity index (χ3n) is 7.84. The molecule has 218 valence electrons. The molecule has 2 heterocycles. The maximum absolute atomic E-state index is 13.3. The van der Waals surface area contributed by atoms with Crippen LogP contribution in [0.15, 0.2) is 91.0 Å². The van der Waals surface area contributed by atoms with Gasteiger partial charge in [-0.05, 0) is 78.1 Å². The van der Waals surface area contributed by atoms with Gasteiger partial charge in [0.1, 0.15) is 0 Å². The van der Waals surface area contributed by atoms with E-state index in [1.54, 1.807) is 20.3 Å². The number of methoxy groups -OCH3 is 2. The Morgan fingerprint density at radius 1 is 0.884 bits per heavy atom. The normalized spacial score (nSPS) is 12.9. The number of nitrogens with zero attached hydrogens (tertiary/aromatic N) is 2. The summed E-state index contributed by atoms with van der Waals surface area (Å²) in [5.74, 6) is 1.35. The Morgan fingerprint density at radius 2 is 1.60 bits per heavy atom. The van der Waals surface area contributed by atoms with Gasteiger partial charge in [-0.2, -0.15) is 0 Å². The van der Waals surface area contributed by atoms with E-state index in [-0.39, 0.29) is 5.91 Å². The van der Waals surface area contributed by atoms with E-state index in [0.717, 1.165) is 60.6 Å². The second kappa shape index (κ2) is 12.7. The van der Waals surface area contributed by atoms with Crippen molar-refractivity contribution in [3.63, 3.8) is 0 Å². The number of aromatic nitrogens is 1. The molecule has 1 amide bonds. The summed E-state index contributed by atoms with van der Waals surface area (Å²) in [7, 11) is 3.35. The van der Waals surface area contributed by atoms with Crippen LogP contribution < -0.4 is 20.1 Å². The highest BCUT2D eigenvalue weighted by Crippen LogP contribution is 2.33. The quantitative estimate of drug-likeness (QED) is 0.173. The number of fused-ring (bicyclic) bond motifs is 2. The van der Waals surface area contributed by atoms with Crippen LogP contribution >= 0.6 is 11.6 Å². The molecule has 0 bridgehead atoms. The highest BCUT2D eigenvalue weighted by Gasteiger charge is 2.19. The summed E-state index contributed by atoms with van der Waals surface area (Å²) in [6.07, 6.45) is 1.91. The third-order valence-corrected chi connectivity index (χ3v) is 8.13. The minimum absolute atomic E-state index is 0.209. The first kappa shape index (κ1) is 28.5. The number of anilines is 3. The molecule has 1 aliphatic heterocycles. The lowest BCUT2D eigenvalue weighted by atomic mass is 9.98. The van der Waals surface area contributed by atoms with Crippen LogP contribution in [0.1, 0.15) is 27.0 Å². The number of benzene rings is 4. The molecule has 0 aliphatic carbocycles. The second-order valence-electron chi connectivity index (χ2n) is 10.6. The molecule has 0 spiro atoms. The van der Waals surface area contributed by atoms with E-state index in [4.69, 9.17) is 21.1 Å². The second-order valence-corrected chi connectivity index (χ2v) is 11.0. The fourth-order valence-corrected chi connectivity index (χ4v) is 5.68. The summed E-state index contributed by atoms with van der Waals surface area (Å²) in [4.78, 5) is 20.2. The fraction of sp³-hybridized carbons (Fsp3) is 0.200. The summed E-state index contributed by atoms with van der Waals surface area (Å²) in [5.41, 5.74) is 7.18. The molecule has 0 saturated heterocycles. The van der Waals surface area contributed by atoms with Crippen molar-refractivity contribution in [1.82, 2.24) is 9.88 Å². The average Bonchev–Trinajstić information content (AvgIpc) is 3.04. The van der Waals surface area contributed by atoms with Gasteiger partial charge in [0, 0.05) is 30.7 Å². The van der Waals surface area contributed by atoms with Crippen LogP contribution in [0, 0.1) is 0 Å². The van der Waals surface area contributed by atoms with Gasteiger partial charge in [-0.1, -0.05) is 54.1 Å². The van der Waals surface area contributed by atoms with Gasteiger partial charge in [0.15, 0.2) is 16.7 Å². The van der Waals surface area contributed by atoms with Gasteiger partial charge in [-0.25, -0.2) is 4.98 Å². The molecule has 6 rings (SSSR count). The molecule has 0 saturated carbocycles. The lowest BCUT2D eigenvalue weighted by Crippen LogP contribution is -2.32. The molecule has 7 nitrogen and oxygen atoms in total. The molecule has 1 aromatic heterocycles. The van der Waals surface area contributed by atoms with Crippen LogP contribution in [-0.2, 0) is 19.4 Å². The molecule has 0 unspecified atom stereocenters. The predicted molar refractivity (Wildman–Crippen MR) is 173 cm³/mol. The van der Waals surface area contributed by atoms with Crippen molar-refractivity contribution in [3.8, 4) is 11.5 Å². The Kier molecular flexibility index (Phi) is 8.45. The standard InChI is InChI=1S/C35H33ClN4O3/c1-42-32-20-24-16-18-40(22-26(24)21-33(32)43-2)17-15-23-11-13-27(14-12-23)37-35(41)28-8-4-6-10-30(28)38-31-19-25-7-3-5-9-29(25)39-34(31)36/h3-14,19-21,38H,15-18,22H2,1-2H3,(H,37,41). The number of halogens is 1. The molecular weight excluding hydrogens is 560 g/mol. The molecule has 0 radical (unpaired) electrons. The molecule has 8 heteroatoms. The Balaban J connectivity index is 1.08. The van der Waals surface area contributed by atoms with Crippen molar-refractivity contribution < 1.29 is 14.3 Å². The van der Waals surface area contributed by atoms with Gasteiger partial charge in [-0.3, -0.25) is 9.69 Å². The number of pyridine rings is 1. The van der Waals surface area contributed by atoms with Crippen molar-refractivity contribution in [1.29, 1.82) is 0 Å². The SMILES string of the molecule is COc1cc2c(cc1OC)CN(CCc1ccc(NC(=O)c3ccccc3Nc3cc4ccccc4nc3Cl)cc1)CC2. The molecule has 43 heavy (non-hydrogen) atoms. The zero-order chi connectivity index (χ0) is 29.8. The van der Waals surface area contributed by atoms with Crippen molar-refractivity contribution in [2.75, 3.05) is 37.9 Å². The first-order valence-electron chi connectivity index (χ1n) is 14.3. The highest BCUT2D eigenvalue weighted by atomic mass is 35.5. The molecule has 5 aromatic rings. The number of rotatable bonds is 9. The average molecular weight is 593 g/mol. The topological polar surface area (TPSA) is 75.7 Å². The summed E-state index contributed by atoms with van der Waals surface area (Å²) < 4.78 is 11.0. The van der Waals surface area contributed by atoms with Gasteiger partial charge in [0.05, 0.1) is 36.7 Å². The van der Waals surface area contributed by atoms with Crippen LogP contribution in [0.2, 0.25) is 5.15 Å². The van der Waals surface area contributed by atoms with Crippen molar-refractivity contribution in [2.24, 2.45) is 0 Å². The van der Waals surface area contributed by atoms with Crippen molar-refractivity contribution in [2.45, 2.75) is 19.4 Å². The summed E-state index contributed by atoms with van der Waals surface area (Å²) in [6.45, 7) is 2.84. The molecule has 1 aliphatic rings. The predicted octanol–water partition coefficient (Wildman–Crippen LogP) is 7.50. The third kappa shape index (κ3) is 6.43.